The average Bonchev–Trinajstić information content (AvgIpc) is 2.59. The molecule has 0 saturated carbocycles. The zero-order valence-electron chi connectivity index (χ0n) is 15.8. The first-order valence-corrected chi connectivity index (χ1v) is 9.19. The number of amides is 2. The van der Waals surface area contributed by atoms with E-state index in [1.54, 1.807) is 0 Å². The summed E-state index contributed by atoms with van der Waals surface area (Å²) in [6.07, 6.45) is 0.0149. The van der Waals surface area contributed by atoms with Gasteiger partial charge < -0.3 is 15.4 Å². The predicted molar refractivity (Wildman–Crippen MR) is 97.3 cm³/mol. The van der Waals surface area contributed by atoms with E-state index in [1.807, 2.05) is 0 Å². The number of morpholine rings is 1. The third-order valence-electron chi connectivity index (χ3n) is 4.19. The Hall–Kier alpha value is -2.06. The second kappa shape index (κ2) is 10.3. The van der Waals surface area contributed by atoms with Crippen LogP contribution in [-0.4, -0.2) is 62.1 Å². The molecule has 1 aliphatic rings. The lowest BCUT2D eigenvalue weighted by atomic mass is 10.2. The van der Waals surface area contributed by atoms with Crippen LogP contribution in [-0.2, 0) is 9.53 Å². The monoisotopic (exact) mass is 383 g/mol. The summed E-state index contributed by atoms with van der Waals surface area (Å²) in [6.45, 7) is 8.12. The number of nitrogens with zero attached hydrogens (tertiary/aromatic N) is 1. The number of halogens is 2. The zero-order valence-corrected chi connectivity index (χ0v) is 15.8. The zero-order chi connectivity index (χ0) is 19.8. The SMILES string of the molecule is CC(C)CN1CCOC(CNC(=O)CCNC(=O)c2ccc(F)cc2F)C1. The first-order chi connectivity index (χ1) is 12.8. The molecule has 1 saturated heterocycles. The van der Waals surface area contributed by atoms with Crippen molar-refractivity contribution in [2.75, 3.05) is 39.3 Å². The van der Waals surface area contributed by atoms with Crippen LogP contribution in [0.3, 0.4) is 0 Å². The first-order valence-electron chi connectivity index (χ1n) is 9.19. The number of hydrogen-bond acceptors (Lipinski definition) is 4. The number of ether oxygens (including phenoxy) is 1. The van der Waals surface area contributed by atoms with Crippen molar-refractivity contribution in [2.45, 2.75) is 26.4 Å². The summed E-state index contributed by atoms with van der Waals surface area (Å²) in [7, 11) is 0. The van der Waals surface area contributed by atoms with Gasteiger partial charge in [-0.25, -0.2) is 8.78 Å². The van der Waals surface area contributed by atoms with Gasteiger partial charge in [0.2, 0.25) is 5.91 Å². The normalized spacial score (nSPS) is 17.7. The summed E-state index contributed by atoms with van der Waals surface area (Å²) < 4.78 is 32.0. The van der Waals surface area contributed by atoms with Gasteiger partial charge in [0.15, 0.2) is 0 Å². The Morgan fingerprint density at radius 1 is 1.30 bits per heavy atom. The Morgan fingerprint density at radius 2 is 2.07 bits per heavy atom. The minimum atomic E-state index is -0.933. The van der Waals surface area contributed by atoms with Gasteiger partial charge in [-0.15, -0.1) is 0 Å². The Balaban J connectivity index is 1.66. The highest BCUT2D eigenvalue weighted by Crippen LogP contribution is 2.09. The van der Waals surface area contributed by atoms with Gasteiger partial charge in [0.1, 0.15) is 11.6 Å². The molecule has 2 N–H and O–H groups in total. The van der Waals surface area contributed by atoms with Gasteiger partial charge in [-0.3, -0.25) is 14.5 Å². The second-order valence-electron chi connectivity index (χ2n) is 7.08. The maximum absolute atomic E-state index is 13.5. The molecule has 0 aliphatic carbocycles. The van der Waals surface area contributed by atoms with E-state index >= 15 is 0 Å². The van der Waals surface area contributed by atoms with Gasteiger partial charge >= 0.3 is 0 Å². The highest BCUT2D eigenvalue weighted by molar-refractivity contribution is 5.94. The van der Waals surface area contributed by atoms with Crippen molar-refractivity contribution >= 4 is 11.8 Å². The summed E-state index contributed by atoms with van der Waals surface area (Å²) in [6, 6.07) is 2.73. The molecule has 27 heavy (non-hydrogen) atoms. The number of nitrogens with one attached hydrogen (secondary N) is 2. The van der Waals surface area contributed by atoms with Crippen molar-refractivity contribution in [1.29, 1.82) is 0 Å². The van der Waals surface area contributed by atoms with Crippen LogP contribution in [0, 0.1) is 17.6 Å². The molecule has 1 heterocycles. The quantitative estimate of drug-likeness (QED) is 0.715. The number of benzene rings is 1. The van der Waals surface area contributed by atoms with Crippen molar-refractivity contribution < 1.29 is 23.1 Å². The van der Waals surface area contributed by atoms with Gasteiger partial charge in [0.05, 0.1) is 18.3 Å². The van der Waals surface area contributed by atoms with Crippen molar-refractivity contribution in [3.63, 3.8) is 0 Å². The molecule has 0 aromatic heterocycles. The van der Waals surface area contributed by atoms with E-state index in [4.69, 9.17) is 4.74 Å². The summed E-state index contributed by atoms with van der Waals surface area (Å²) in [5.41, 5.74) is -0.252. The smallest absolute Gasteiger partial charge is 0.254 e. The first kappa shape index (κ1) is 21.2. The van der Waals surface area contributed by atoms with Gasteiger partial charge in [-0.1, -0.05) is 13.8 Å². The van der Waals surface area contributed by atoms with Crippen LogP contribution in [0.1, 0.15) is 30.6 Å². The van der Waals surface area contributed by atoms with E-state index < -0.39 is 17.5 Å². The fourth-order valence-corrected chi connectivity index (χ4v) is 2.96. The number of carbonyl (C=O) groups excluding carboxylic acids is 2. The molecule has 8 heteroatoms. The molecule has 2 amide bonds. The van der Waals surface area contributed by atoms with Crippen molar-refractivity contribution in [3.05, 3.63) is 35.4 Å². The fourth-order valence-electron chi connectivity index (χ4n) is 2.96. The summed E-state index contributed by atoms with van der Waals surface area (Å²) in [5, 5.41) is 5.25. The van der Waals surface area contributed by atoms with E-state index in [1.165, 1.54) is 0 Å². The van der Waals surface area contributed by atoms with Gasteiger partial charge in [0, 0.05) is 45.2 Å². The largest absolute Gasteiger partial charge is 0.374 e. The van der Waals surface area contributed by atoms with E-state index in [9.17, 15) is 18.4 Å². The standard InChI is InChI=1S/C19H27F2N3O3/c1-13(2)11-24-7-8-27-15(12-24)10-23-18(25)5-6-22-19(26)16-4-3-14(20)9-17(16)21/h3-4,9,13,15H,5-8,10-12H2,1-2H3,(H,22,26)(H,23,25). The van der Waals surface area contributed by atoms with E-state index in [-0.39, 0.29) is 30.5 Å². The molecule has 1 fully saturated rings. The Kier molecular flexibility index (Phi) is 8.12. The molecule has 1 aromatic rings. The maximum Gasteiger partial charge on any atom is 0.254 e. The predicted octanol–water partition coefficient (Wildman–Crippen LogP) is 1.56. The van der Waals surface area contributed by atoms with Gasteiger partial charge in [-0.2, -0.15) is 0 Å². The molecule has 150 valence electrons. The van der Waals surface area contributed by atoms with Gasteiger partial charge in [0.25, 0.3) is 5.91 Å². The highest BCUT2D eigenvalue weighted by Gasteiger charge is 2.21. The van der Waals surface area contributed by atoms with Crippen LogP contribution in [0.4, 0.5) is 8.78 Å². The molecule has 0 spiro atoms. The van der Waals surface area contributed by atoms with Crippen molar-refractivity contribution in [1.82, 2.24) is 15.5 Å². The highest BCUT2D eigenvalue weighted by atomic mass is 19.1. The lowest BCUT2D eigenvalue weighted by molar-refractivity contribution is -0.122. The Morgan fingerprint density at radius 3 is 2.78 bits per heavy atom. The third-order valence-corrected chi connectivity index (χ3v) is 4.19. The summed E-state index contributed by atoms with van der Waals surface area (Å²) in [4.78, 5) is 26.1. The lowest BCUT2D eigenvalue weighted by Gasteiger charge is -2.33. The minimum Gasteiger partial charge on any atom is -0.374 e. The molecule has 1 atom stereocenters. The van der Waals surface area contributed by atoms with Crippen LogP contribution in [0.25, 0.3) is 0 Å². The number of hydrogen-bond donors (Lipinski definition) is 2. The third kappa shape index (κ3) is 7.22. The molecule has 1 unspecified atom stereocenters. The van der Waals surface area contributed by atoms with Crippen molar-refractivity contribution in [2.24, 2.45) is 5.92 Å². The van der Waals surface area contributed by atoms with Crippen LogP contribution in [0.2, 0.25) is 0 Å². The Labute approximate surface area is 158 Å². The summed E-state index contributed by atoms with van der Waals surface area (Å²) in [5.74, 6) is -2.01. The summed E-state index contributed by atoms with van der Waals surface area (Å²) >= 11 is 0. The van der Waals surface area contributed by atoms with Crippen molar-refractivity contribution in [3.8, 4) is 0 Å². The molecular formula is C19H27F2N3O3. The maximum atomic E-state index is 13.5. The van der Waals surface area contributed by atoms with Crippen LogP contribution >= 0.6 is 0 Å². The van der Waals surface area contributed by atoms with E-state index in [2.05, 4.69) is 29.4 Å². The molecule has 0 bridgehead atoms. The lowest BCUT2D eigenvalue weighted by Crippen LogP contribution is -2.48. The molecule has 0 radical (unpaired) electrons. The molecule has 2 rings (SSSR count). The molecule has 1 aromatic carbocycles. The van der Waals surface area contributed by atoms with E-state index in [0.29, 0.717) is 25.1 Å². The average molecular weight is 383 g/mol. The Bertz CT molecular complexity index is 655. The van der Waals surface area contributed by atoms with E-state index in [0.717, 1.165) is 31.8 Å². The van der Waals surface area contributed by atoms with Gasteiger partial charge in [-0.05, 0) is 18.1 Å². The topological polar surface area (TPSA) is 70.7 Å². The molecule has 6 nitrogen and oxygen atoms in total. The number of carbonyl (C=O) groups is 2. The molecule has 1 aliphatic heterocycles. The van der Waals surface area contributed by atoms with Crippen LogP contribution in [0.15, 0.2) is 18.2 Å². The van der Waals surface area contributed by atoms with Crippen LogP contribution in [0.5, 0.6) is 0 Å². The second-order valence-corrected chi connectivity index (χ2v) is 7.08. The fraction of sp³-hybridized carbons (Fsp3) is 0.579. The number of rotatable bonds is 8. The minimum absolute atomic E-state index is 0.0515. The molecular weight excluding hydrogens is 356 g/mol. The van der Waals surface area contributed by atoms with Crippen LogP contribution < -0.4 is 10.6 Å².